The summed E-state index contributed by atoms with van der Waals surface area (Å²) in [5.74, 6) is 0.605. The van der Waals surface area contributed by atoms with Gasteiger partial charge in [-0.1, -0.05) is 29.8 Å². The van der Waals surface area contributed by atoms with E-state index in [0.717, 1.165) is 11.1 Å². The molecule has 0 N–H and O–H groups in total. The van der Waals surface area contributed by atoms with E-state index >= 15 is 0 Å². The molecule has 20 heavy (non-hydrogen) atoms. The Labute approximate surface area is 120 Å². The number of nitrogens with zero attached hydrogens (tertiary/aromatic N) is 1. The third-order valence-corrected chi connectivity index (χ3v) is 5.65. The van der Waals surface area contributed by atoms with Gasteiger partial charge in [-0.2, -0.15) is 0 Å². The van der Waals surface area contributed by atoms with Gasteiger partial charge in [0.25, 0.3) is 0 Å². The lowest BCUT2D eigenvalue weighted by atomic mass is 10.1. The fourth-order valence-electron chi connectivity index (χ4n) is 2.47. The van der Waals surface area contributed by atoms with E-state index in [1.165, 1.54) is 0 Å². The smallest absolute Gasteiger partial charge is 0.164 e. The molecule has 1 heterocycles. The highest BCUT2D eigenvalue weighted by Crippen LogP contribution is 2.17. The highest BCUT2D eigenvalue weighted by molar-refractivity contribution is 7.91. The van der Waals surface area contributed by atoms with Gasteiger partial charge in [-0.25, -0.2) is 8.42 Å². The van der Waals surface area contributed by atoms with Crippen LogP contribution >= 0.6 is 0 Å². The van der Waals surface area contributed by atoms with Crippen LogP contribution in [0.15, 0.2) is 24.3 Å². The quantitative estimate of drug-likeness (QED) is 0.776. The minimum Gasteiger partial charge on any atom is -0.302 e. The predicted octanol–water partition coefficient (Wildman–Crippen LogP) is 1.69. The Morgan fingerprint density at radius 1 is 1.30 bits per heavy atom. The standard InChI is InChI=1S/C15H21NO3S/c1-12-3-5-13(6-4-12)15(17)7-9-16(2)14-8-10-20(18,19)11-14/h3-6,14H,7-11H2,1-2H3. The molecule has 0 aliphatic carbocycles. The minimum atomic E-state index is -2.86. The molecular formula is C15H21NO3S. The second-order valence-electron chi connectivity index (χ2n) is 5.58. The van der Waals surface area contributed by atoms with Crippen LogP contribution < -0.4 is 0 Å². The molecule has 1 aliphatic heterocycles. The largest absolute Gasteiger partial charge is 0.302 e. The Kier molecular flexibility index (Phi) is 4.60. The average Bonchev–Trinajstić information content (AvgIpc) is 2.77. The second kappa shape index (κ2) is 6.06. The van der Waals surface area contributed by atoms with Crippen LogP contribution in [0, 0.1) is 6.92 Å². The topological polar surface area (TPSA) is 54.5 Å². The van der Waals surface area contributed by atoms with Crippen LogP contribution in [0.3, 0.4) is 0 Å². The van der Waals surface area contributed by atoms with Crippen molar-refractivity contribution in [2.24, 2.45) is 0 Å². The number of carbonyl (C=O) groups excluding carboxylic acids is 1. The van der Waals surface area contributed by atoms with Gasteiger partial charge in [-0.15, -0.1) is 0 Å². The van der Waals surface area contributed by atoms with E-state index in [2.05, 4.69) is 0 Å². The minimum absolute atomic E-state index is 0.0609. The molecule has 1 aliphatic rings. The fraction of sp³-hybridized carbons (Fsp3) is 0.533. The van der Waals surface area contributed by atoms with Crippen molar-refractivity contribution in [1.29, 1.82) is 0 Å². The fourth-order valence-corrected chi connectivity index (χ4v) is 4.27. The number of carbonyl (C=O) groups is 1. The number of sulfone groups is 1. The zero-order valence-corrected chi connectivity index (χ0v) is 12.8. The molecular weight excluding hydrogens is 274 g/mol. The zero-order chi connectivity index (χ0) is 14.8. The Morgan fingerprint density at radius 3 is 2.50 bits per heavy atom. The first-order valence-electron chi connectivity index (χ1n) is 6.88. The highest BCUT2D eigenvalue weighted by Gasteiger charge is 2.30. The first-order chi connectivity index (χ1) is 9.37. The van der Waals surface area contributed by atoms with E-state index in [-0.39, 0.29) is 23.3 Å². The summed E-state index contributed by atoms with van der Waals surface area (Å²) in [6.45, 7) is 2.59. The van der Waals surface area contributed by atoms with Crippen LogP contribution in [0.5, 0.6) is 0 Å². The van der Waals surface area contributed by atoms with Gasteiger partial charge in [0.2, 0.25) is 0 Å². The molecule has 0 spiro atoms. The van der Waals surface area contributed by atoms with E-state index in [1.807, 2.05) is 43.1 Å². The van der Waals surface area contributed by atoms with Crippen LogP contribution in [0.2, 0.25) is 0 Å². The van der Waals surface area contributed by atoms with Crippen molar-refractivity contribution in [1.82, 2.24) is 4.90 Å². The van der Waals surface area contributed by atoms with Crippen LogP contribution in [-0.2, 0) is 9.84 Å². The molecule has 2 rings (SSSR count). The Hall–Kier alpha value is -1.20. The first-order valence-corrected chi connectivity index (χ1v) is 8.70. The summed E-state index contributed by atoms with van der Waals surface area (Å²) >= 11 is 0. The third kappa shape index (κ3) is 3.90. The number of benzene rings is 1. The summed E-state index contributed by atoms with van der Waals surface area (Å²) < 4.78 is 22.9. The molecule has 0 bridgehead atoms. The molecule has 1 aromatic carbocycles. The molecule has 5 heteroatoms. The van der Waals surface area contributed by atoms with Gasteiger partial charge in [0.1, 0.15) is 0 Å². The maximum absolute atomic E-state index is 12.1. The molecule has 1 saturated heterocycles. The number of ketones is 1. The highest BCUT2D eigenvalue weighted by atomic mass is 32.2. The molecule has 0 saturated carbocycles. The number of rotatable bonds is 5. The van der Waals surface area contributed by atoms with E-state index < -0.39 is 9.84 Å². The lowest BCUT2D eigenvalue weighted by Crippen LogP contribution is -2.34. The molecule has 1 atom stereocenters. The SMILES string of the molecule is Cc1ccc(C(=O)CCN(C)C2CCS(=O)(=O)C2)cc1. The average molecular weight is 295 g/mol. The van der Waals surface area contributed by atoms with Crippen molar-refractivity contribution in [3.8, 4) is 0 Å². The maximum atomic E-state index is 12.1. The summed E-state index contributed by atoms with van der Waals surface area (Å²) in [4.78, 5) is 14.1. The molecule has 0 aromatic heterocycles. The monoisotopic (exact) mass is 295 g/mol. The summed E-state index contributed by atoms with van der Waals surface area (Å²) in [7, 11) is -0.966. The lowest BCUT2D eigenvalue weighted by Gasteiger charge is -2.22. The van der Waals surface area contributed by atoms with Gasteiger partial charge in [0.15, 0.2) is 15.6 Å². The Bertz CT molecular complexity index is 578. The van der Waals surface area contributed by atoms with Gasteiger partial charge >= 0.3 is 0 Å². The van der Waals surface area contributed by atoms with Gasteiger partial charge in [-0.3, -0.25) is 4.79 Å². The maximum Gasteiger partial charge on any atom is 0.164 e. The Balaban J connectivity index is 1.86. The molecule has 1 aromatic rings. The van der Waals surface area contributed by atoms with E-state index in [1.54, 1.807) is 0 Å². The van der Waals surface area contributed by atoms with Crippen LogP contribution in [0.1, 0.15) is 28.8 Å². The summed E-state index contributed by atoms with van der Waals surface area (Å²) in [6, 6.07) is 7.61. The zero-order valence-electron chi connectivity index (χ0n) is 12.0. The number of Topliss-reactive ketones (excluding diaryl/α,β-unsaturated/α-hetero) is 1. The van der Waals surface area contributed by atoms with Gasteiger partial charge in [0, 0.05) is 24.6 Å². The molecule has 0 amide bonds. The van der Waals surface area contributed by atoms with E-state index in [9.17, 15) is 13.2 Å². The van der Waals surface area contributed by atoms with Crippen molar-refractivity contribution in [2.45, 2.75) is 25.8 Å². The van der Waals surface area contributed by atoms with Gasteiger partial charge < -0.3 is 4.90 Å². The summed E-state index contributed by atoms with van der Waals surface area (Å²) in [5.41, 5.74) is 1.86. The van der Waals surface area contributed by atoms with Crippen molar-refractivity contribution >= 4 is 15.6 Å². The van der Waals surface area contributed by atoms with Crippen molar-refractivity contribution < 1.29 is 13.2 Å². The Morgan fingerprint density at radius 2 is 1.95 bits per heavy atom. The van der Waals surface area contributed by atoms with E-state index in [4.69, 9.17) is 0 Å². The predicted molar refractivity (Wildman–Crippen MR) is 79.8 cm³/mol. The lowest BCUT2D eigenvalue weighted by molar-refractivity contribution is 0.0963. The van der Waals surface area contributed by atoms with Crippen LogP contribution in [0.25, 0.3) is 0 Å². The number of hydrogen-bond acceptors (Lipinski definition) is 4. The second-order valence-corrected chi connectivity index (χ2v) is 7.81. The van der Waals surface area contributed by atoms with Crippen molar-refractivity contribution in [3.63, 3.8) is 0 Å². The number of aryl methyl sites for hydroxylation is 1. The van der Waals surface area contributed by atoms with E-state index in [0.29, 0.717) is 19.4 Å². The van der Waals surface area contributed by atoms with Crippen molar-refractivity contribution in [3.05, 3.63) is 35.4 Å². The summed E-state index contributed by atoms with van der Waals surface area (Å²) in [6.07, 6.45) is 1.10. The molecule has 1 unspecified atom stereocenters. The third-order valence-electron chi connectivity index (χ3n) is 3.90. The van der Waals surface area contributed by atoms with Gasteiger partial charge in [0.05, 0.1) is 11.5 Å². The van der Waals surface area contributed by atoms with Crippen molar-refractivity contribution in [2.75, 3.05) is 25.1 Å². The number of hydrogen-bond donors (Lipinski definition) is 0. The molecule has 110 valence electrons. The summed E-state index contributed by atoms with van der Waals surface area (Å²) in [5, 5.41) is 0. The van der Waals surface area contributed by atoms with Gasteiger partial charge in [-0.05, 0) is 20.4 Å². The first kappa shape index (κ1) is 15.2. The van der Waals surface area contributed by atoms with Crippen LogP contribution in [-0.4, -0.2) is 50.2 Å². The molecule has 4 nitrogen and oxygen atoms in total. The molecule has 1 fully saturated rings. The molecule has 0 radical (unpaired) electrons. The normalized spacial score (nSPS) is 21.2. The van der Waals surface area contributed by atoms with Crippen LogP contribution in [0.4, 0.5) is 0 Å².